The maximum Gasteiger partial charge on any atom is 0.305 e. The minimum atomic E-state index is -0.910. The van der Waals surface area contributed by atoms with Crippen LogP contribution in [0.25, 0.3) is 0 Å². The second-order valence-corrected chi connectivity index (χ2v) is 2.77. The standard InChI is InChI=1S/C9H11FN2O2/c10-6-2-1-3-7(9(6)11)12-5-4-8(13)14/h1-3,12H,4-5,11H2,(H,13,14). The first-order valence-electron chi connectivity index (χ1n) is 4.11. The number of hydrogen-bond donors (Lipinski definition) is 3. The van der Waals surface area contributed by atoms with Gasteiger partial charge in [-0.3, -0.25) is 4.79 Å². The molecule has 4 nitrogen and oxygen atoms in total. The lowest BCUT2D eigenvalue weighted by atomic mass is 10.2. The van der Waals surface area contributed by atoms with Crippen LogP contribution in [0.4, 0.5) is 15.8 Å². The Balaban J connectivity index is 2.59. The number of carboxylic acid groups (broad SMARTS) is 1. The fourth-order valence-corrected chi connectivity index (χ4v) is 0.995. The molecule has 4 N–H and O–H groups in total. The normalized spacial score (nSPS) is 9.79. The van der Waals surface area contributed by atoms with Gasteiger partial charge in [-0.2, -0.15) is 0 Å². The molecule has 0 saturated carbocycles. The smallest absolute Gasteiger partial charge is 0.305 e. The number of hydrogen-bond acceptors (Lipinski definition) is 3. The maximum atomic E-state index is 12.9. The number of carbonyl (C=O) groups is 1. The third kappa shape index (κ3) is 2.62. The Bertz CT molecular complexity index is 342. The van der Waals surface area contributed by atoms with E-state index in [1.54, 1.807) is 6.07 Å². The summed E-state index contributed by atoms with van der Waals surface area (Å²) in [5, 5.41) is 11.1. The summed E-state index contributed by atoms with van der Waals surface area (Å²) < 4.78 is 12.9. The van der Waals surface area contributed by atoms with Gasteiger partial charge in [0, 0.05) is 6.54 Å². The Hall–Kier alpha value is -1.78. The summed E-state index contributed by atoms with van der Waals surface area (Å²) in [4.78, 5) is 10.2. The fraction of sp³-hybridized carbons (Fsp3) is 0.222. The summed E-state index contributed by atoms with van der Waals surface area (Å²) in [6.45, 7) is 0.225. The lowest BCUT2D eigenvalue weighted by molar-refractivity contribution is -0.136. The highest BCUT2D eigenvalue weighted by Crippen LogP contribution is 2.20. The molecule has 1 aromatic rings. The number of anilines is 2. The first-order valence-corrected chi connectivity index (χ1v) is 4.11. The van der Waals surface area contributed by atoms with Crippen LogP contribution < -0.4 is 11.1 Å². The summed E-state index contributed by atoms with van der Waals surface area (Å²) in [6, 6.07) is 4.35. The average molecular weight is 198 g/mol. The maximum absolute atomic E-state index is 12.9. The van der Waals surface area contributed by atoms with Crippen LogP contribution in [0.2, 0.25) is 0 Å². The van der Waals surface area contributed by atoms with Crippen LogP contribution >= 0.6 is 0 Å². The number of benzene rings is 1. The summed E-state index contributed by atoms with van der Waals surface area (Å²) >= 11 is 0. The van der Waals surface area contributed by atoms with Crippen molar-refractivity contribution in [3.05, 3.63) is 24.0 Å². The Morgan fingerprint density at radius 2 is 2.29 bits per heavy atom. The van der Waals surface area contributed by atoms with Crippen LogP contribution in [0.5, 0.6) is 0 Å². The van der Waals surface area contributed by atoms with Crippen molar-refractivity contribution in [2.24, 2.45) is 0 Å². The zero-order valence-electron chi connectivity index (χ0n) is 7.46. The van der Waals surface area contributed by atoms with E-state index in [4.69, 9.17) is 10.8 Å². The van der Waals surface area contributed by atoms with Crippen molar-refractivity contribution < 1.29 is 14.3 Å². The van der Waals surface area contributed by atoms with Crippen LogP contribution in [0.1, 0.15) is 6.42 Å². The molecule has 0 aliphatic heterocycles. The van der Waals surface area contributed by atoms with Gasteiger partial charge in [-0.15, -0.1) is 0 Å². The Labute approximate surface area is 80.5 Å². The highest BCUT2D eigenvalue weighted by atomic mass is 19.1. The topological polar surface area (TPSA) is 75.3 Å². The average Bonchev–Trinajstić information content (AvgIpc) is 2.12. The van der Waals surface area contributed by atoms with Crippen LogP contribution in [-0.2, 0) is 4.79 Å². The molecular formula is C9H11FN2O2. The number of nitrogen functional groups attached to an aromatic ring is 1. The summed E-state index contributed by atoms with van der Waals surface area (Å²) in [7, 11) is 0. The molecule has 76 valence electrons. The number of nitrogens with two attached hydrogens (primary N) is 1. The molecule has 0 atom stereocenters. The van der Waals surface area contributed by atoms with Crippen LogP contribution in [0.15, 0.2) is 18.2 Å². The van der Waals surface area contributed by atoms with Gasteiger partial charge < -0.3 is 16.2 Å². The van der Waals surface area contributed by atoms with Gasteiger partial charge >= 0.3 is 5.97 Å². The summed E-state index contributed by atoms with van der Waals surface area (Å²) in [6.07, 6.45) is -0.0318. The van der Waals surface area contributed by atoms with Crippen molar-refractivity contribution in [3.63, 3.8) is 0 Å². The van der Waals surface area contributed by atoms with Gasteiger partial charge in [0.2, 0.25) is 0 Å². The molecule has 0 heterocycles. The summed E-state index contributed by atoms with van der Waals surface area (Å²) in [5.41, 5.74) is 5.85. The largest absolute Gasteiger partial charge is 0.481 e. The fourth-order valence-electron chi connectivity index (χ4n) is 0.995. The minimum absolute atomic E-state index is 0.0119. The molecule has 5 heteroatoms. The van der Waals surface area contributed by atoms with Crippen molar-refractivity contribution in [2.75, 3.05) is 17.6 Å². The number of aliphatic carboxylic acids is 1. The Morgan fingerprint density at radius 1 is 1.57 bits per heavy atom. The molecule has 1 rings (SSSR count). The molecule has 0 spiro atoms. The van der Waals surface area contributed by atoms with E-state index in [1.165, 1.54) is 12.1 Å². The molecule has 0 radical (unpaired) electrons. The van der Waals surface area contributed by atoms with Crippen LogP contribution in [0, 0.1) is 5.82 Å². The van der Waals surface area contributed by atoms with Gasteiger partial charge in [-0.25, -0.2) is 4.39 Å². The molecule has 0 amide bonds. The van der Waals surface area contributed by atoms with E-state index in [2.05, 4.69) is 5.32 Å². The lowest BCUT2D eigenvalue weighted by Gasteiger charge is -2.07. The molecule has 0 aliphatic rings. The number of nitrogens with one attached hydrogen (secondary N) is 1. The second kappa shape index (κ2) is 4.45. The highest BCUT2D eigenvalue weighted by Gasteiger charge is 2.03. The van der Waals surface area contributed by atoms with Gasteiger partial charge in [0.25, 0.3) is 0 Å². The quantitative estimate of drug-likeness (QED) is 0.637. The van der Waals surface area contributed by atoms with Crippen LogP contribution in [0.3, 0.4) is 0 Å². The van der Waals surface area contributed by atoms with Gasteiger partial charge in [-0.1, -0.05) is 6.07 Å². The van der Waals surface area contributed by atoms with E-state index in [-0.39, 0.29) is 18.7 Å². The van der Waals surface area contributed by atoms with Crippen molar-refractivity contribution in [3.8, 4) is 0 Å². The predicted octanol–water partition coefficient (Wildman–Crippen LogP) is 1.29. The second-order valence-electron chi connectivity index (χ2n) is 2.77. The predicted molar refractivity (Wildman–Crippen MR) is 51.6 cm³/mol. The van der Waals surface area contributed by atoms with E-state index in [0.717, 1.165) is 0 Å². The lowest BCUT2D eigenvalue weighted by Crippen LogP contribution is -2.09. The van der Waals surface area contributed by atoms with E-state index >= 15 is 0 Å². The van der Waals surface area contributed by atoms with Gasteiger partial charge in [0.1, 0.15) is 5.82 Å². The Kier molecular flexibility index (Phi) is 3.28. The molecule has 1 aromatic carbocycles. The molecule has 0 fully saturated rings. The Morgan fingerprint density at radius 3 is 2.93 bits per heavy atom. The first kappa shape index (κ1) is 10.3. The molecule has 0 aliphatic carbocycles. The van der Waals surface area contributed by atoms with E-state index in [1.807, 2.05) is 0 Å². The SMILES string of the molecule is Nc1c(F)cccc1NCCC(=O)O. The molecular weight excluding hydrogens is 187 g/mol. The van der Waals surface area contributed by atoms with E-state index < -0.39 is 11.8 Å². The van der Waals surface area contributed by atoms with Crippen molar-refractivity contribution in [2.45, 2.75) is 6.42 Å². The number of rotatable bonds is 4. The number of para-hydroxylation sites is 1. The van der Waals surface area contributed by atoms with Gasteiger partial charge in [-0.05, 0) is 12.1 Å². The molecule has 0 aromatic heterocycles. The minimum Gasteiger partial charge on any atom is -0.481 e. The number of halogens is 1. The van der Waals surface area contributed by atoms with Crippen molar-refractivity contribution in [1.82, 2.24) is 0 Å². The first-order chi connectivity index (χ1) is 6.61. The summed E-state index contributed by atoms with van der Waals surface area (Å²) in [5.74, 6) is -1.42. The van der Waals surface area contributed by atoms with Crippen molar-refractivity contribution in [1.29, 1.82) is 0 Å². The van der Waals surface area contributed by atoms with Crippen molar-refractivity contribution >= 4 is 17.3 Å². The highest BCUT2D eigenvalue weighted by molar-refractivity contribution is 5.69. The zero-order valence-corrected chi connectivity index (χ0v) is 7.46. The third-order valence-electron chi connectivity index (χ3n) is 1.71. The van der Waals surface area contributed by atoms with Gasteiger partial charge in [0.05, 0.1) is 17.8 Å². The molecule has 14 heavy (non-hydrogen) atoms. The molecule has 0 unspecified atom stereocenters. The van der Waals surface area contributed by atoms with E-state index in [9.17, 15) is 9.18 Å². The molecule has 0 saturated heterocycles. The zero-order chi connectivity index (χ0) is 10.6. The monoisotopic (exact) mass is 198 g/mol. The molecule has 0 bridgehead atoms. The number of carboxylic acids is 1. The van der Waals surface area contributed by atoms with Crippen LogP contribution in [-0.4, -0.2) is 17.6 Å². The van der Waals surface area contributed by atoms with Gasteiger partial charge in [0.15, 0.2) is 0 Å². The van der Waals surface area contributed by atoms with E-state index in [0.29, 0.717) is 5.69 Å². The third-order valence-corrected chi connectivity index (χ3v) is 1.71.